The van der Waals surface area contributed by atoms with Crippen molar-refractivity contribution in [2.75, 3.05) is 13.6 Å². The van der Waals surface area contributed by atoms with Crippen molar-refractivity contribution < 1.29 is 4.39 Å². The molecule has 0 spiro atoms. The van der Waals surface area contributed by atoms with Gasteiger partial charge in [-0.05, 0) is 37.6 Å². The van der Waals surface area contributed by atoms with Crippen LogP contribution in [0.25, 0.3) is 0 Å². The Hall–Kier alpha value is -0.930. The minimum Gasteiger partial charge on any atom is -0.329 e. The van der Waals surface area contributed by atoms with Crippen LogP contribution < -0.4 is 5.73 Å². The van der Waals surface area contributed by atoms with Gasteiger partial charge in [-0.15, -0.1) is 0 Å². The molecular formula is C15H23FN2. The lowest BCUT2D eigenvalue weighted by molar-refractivity contribution is 0.0758. The lowest BCUT2D eigenvalue weighted by atomic mass is 9.80. The molecule has 2 nitrogen and oxygen atoms in total. The highest BCUT2D eigenvalue weighted by Crippen LogP contribution is 2.32. The van der Waals surface area contributed by atoms with E-state index >= 15 is 0 Å². The molecule has 1 aliphatic rings. The molecule has 0 saturated heterocycles. The zero-order valence-electron chi connectivity index (χ0n) is 11.2. The standard InChI is InChI=1S/C15H23FN2/c1-18(11-13-5-7-14(16)8-6-13)15(12-17)9-3-2-4-10-15/h5-8H,2-4,9-12,17H2,1H3. The highest BCUT2D eigenvalue weighted by Gasteiger charge is 2.34. The highest BCUT2D eigenvalue weighted by molar-refractivity contribution is 5.16. The van der Waals surface area contributed by atoms with Crippen LogP contribution in [-0.4, -0.2) is 24.0 Å². The largest absolute Gasteiger partial charge is 0.329 e. The fourth-order valence-corrected chi connectivity index (χ4v) is 2.98. The first-order chi connectivity index (χ1) is 8.66. The number of hydrogen-bond donors (Lipinski definition) is 1. The summed E-state index contributed by atoms with van der Waals surface area (Å²) in [6, 6.07) is 6.77. The molecule has 1 fully saturated rings. The van der Waals surface area contributed by atoms with Gasteiger partial charge in [0, 0.05) is 18.6 Å². The maximum absolute atomic E-state index is 12.9. The Labute approximate surface area is 109 Å². The minimum atomic E-state index is -0.174. The molecule has 18 heavy (non-hydrogen) atoms. The average molecular weight is 250 g/mol. The maximum Gasteiger partial charge on any atom is 0.123 e. The summed E-state index contributed by atoms with van der Waals surface area (Å²) in [5.41, 5.74) is 7.31. The maximum atomic E-state index is 12.9. The van der Waals surface area contributed by atoms with Crippen LogP contribution in [0, 0.1) is 5.82 Å². The van der Waals surface area contributed by atoms with Gasteiger partial charge in [-0.3, -0.25) is 4.90 Å². The third-order valence-corrected chi connectivity index (χ3v) is 4.31. The molecule has 0 radical (unpaired) electrons. The first-order valence-electron chi connectivity index (χ1n) is 6.82. The molecule has 0 unspecified atom stereocenters. The van der Waals surface area contributed by atoms with Crippen molar-refractivity contribution in [2.24, 2.45) is 5.73 Å². The van der Waals surface area contributed by atoms with Crippen molar-refractivity contribution in [3.05, 3.63) is 35.6 Å². The van der Waals surface area contributed by atoms with Crippen LogP contribution in [0.2, 0.25) is 0 Å². The second-order valence-corrected chi connectivity index (χ2v) is 5.47. The summed E-state index contributed by atoms with van der Waals surface area (Å²) in [6.45, 7) is 1.56. The topological polar surface area (TPSA) is 29.3 Å². The van der Waals surface area contributed by atoms with Crippen LogP contribution in [0.5, 0.6) is 0 Å². The number of benzene rings is 1. The second-order valence-electron chi connectivity index (χ2n) is 5.47. The van der Waals surface area contributed by atoms with Crippen molar-refractivity contribution in [1.82, 2.24) is 4.90 Å². The predicted molar refractivity (Wildman–Crippen MR) is 72.7 cm³/mol. The Balaban J connectivity index is 2.05. The van der Waals surface area contributed by atoms with E-state index in [4.69, 9.17) is 5.73 Å². The number of hydrogen-bond acceptors (Lipinski definition) is 2. The first-order valence-corrected chi connectivity index (χ1v) is 6.82. The molecule has 0 aliphatic heterocycles. The number of rotatable bonds is 4. The quantitative estimate of drug-likeness (QED) is 0.890. The van der Waals surface area contributed by atoms with Gasteiger partial charge in [-0.2, -0.15) is 0 Å². The average Bonchev–Trinajstić information content (AvgIpc) is 2.42. The van der Waals surface area contributed by atoms with Gasteiger partial charge in [0.25, 0.3) is 0 Å². The van der Waals surface area contributed by atoms with E-state index in [1.807, 2.05) is 12.1 Å². The van der Waals surface area contributed by atoms with Crippen LogP contribution in [-0.2, 0) is 6.54 Å². The van der Waals surface area contributed by atoms with Gasteiger partial charge in [0.15, 0.2) is 0 Å². The number of halogens is 1. The van der Waals surface area contributed by atoms with E-state index in [1.165, 1.54) is 44.2 Å². The number of likely N-dealkylation sites (N-methyl/N-ethyl adjacent to an activating group) is 1. The highest BCUT2D eigenvalue weighted by atomic mass is 19.1. The van der Waals surface area contributed by atoms with Crippen LogP contribution in [0.4, 0.5) is 4.39 Å². The Morgan fingerprint density at radius 2 is 1.78 bits per heavy atom. The SMILES string of the molecule is CN(Cc1ccc(F)cc1)C1(CN)CCCCC1. The van der Waals surface area contributed by atoms with E-state index in [0.717, 1.165) is 12.1 Å². The van der Waals surface area contributed by atoms with E-state index in [-0.39, 0.29) is 11.4 Å². The molecule has 1 aromatic rings. The van der Waals surface area contributed by atoms with Crippen LogP contribution >= 0.6 is 0 Å². The normalized spacial score (nSPS) is 19.1. The molecule has 0 bridgehead atoms. The van der Waals surface area contributed by atoms with E-state index < -0.39 is 0 Å². The third-order valence-electron chi connectivity index (χ3n) is 4.31. The lowest BCUT2D eigenvalue weighted by Gasteiger charge is -2.44. The van der Waals surface area contributed by atoms with E-state index in [9.17, 15) is 4.39 Å². The number of nitrogens with two attached hydrogens (primary N) is 1. The van der Waals surface area contributed by atoms with E-state index in [2.05, 4.69) is 11.9 Å². The molecule has 100 valence electrons. The van der Waals surface area contributed by atoms with Crippen molar-refractivity contribution in [1.29, 1.82) is 0 Å². The zero-order valence-corrected chi connectivity index (χ0v) is 11.2. The van der Waals surface area contributed by atoms with Gasteiger partial charge in [0.1, 0.15) is 5.82 Å². The lowest BCUT2D eigenvalue weighted by Crippen LogP contribution is -2.52. The Bertz CT molecular complexity index is 369. The first kappa shape index (κ1) is 13.5. The Morgan fingerprint density at radius 1 is 1.17 bits per heavy atom. The smallest absolute Gasteiger partial charge is 0.123 e. The molecule has 0 amide bonds. The van der Waals surface area contributed by atoms with Gasteiger partial charge in [-0.25, -0.2) is 4.39 Å². The van der Waals surface area contributed by atoms with Gasteiger partial charge in [0.05, 0.1) is 0 Å². The summed E-state index contributed by atoms with van der Waals surface area (Å²) in [7, 11) is 2.14. The molecule has 2 N–H and O–H groups in total. The van der Waals surface area contributed by atoms with Gasteiger partial charge < -0.3 is 5.73 Å². The monoisotopic (exact) mass is 250 g/mol. The number of nitrogens with zero attached hydrogens (tertiary/aromatic N) is 1. The summed E-state index contributed by atoms with van der Waals surface area (Å²) < 4.78 is 12.9. The van der Waals surface area contributed by atoms with Crippen LogP contribution in [0.15, 0.2) is 24.3 Å². The molecule has 1 aliphatic carbocycles. The molecular weight excluding hydrogens is 227 g/mol. The third kappa shape index (κ3) is 2.90. The van der Waals surface area contributed by atoms with E-state index in [0.29, 0.717) is 6.54 Å². The zero-order chi connectivity index (χ0) is 13.0. The van der Waals surface area contributed by atoms with Crippen molar-refractivity contribution in [3.8, 4) is 0 Å². The van der Waals surface area contributed by atoms with Gasteiger partial charge in [-0.1, -0.05) is 31.4 Å². The molecule has 0 aromatic heterocycles. The van der Waals surface area contributed by atoms with Crippen molar-refractivity contribution >= 4 is 0 Å². The summed E-state index contributed by atoms with van der Waals surface area (Å²) in [5.74, 6) is -0.174. The fraction of sp³-hybridized carbons (Fsp3) is 0.600. The van der Waals surface area contributed by atoms with Crippen molar-refractivity contribution in [2.45, 2.75) is 44.2 Å². The Kier molecular flexibility index (Phi) is 4.36. The molecule has 1 aromatic carbocycles. The molecule has 2 rings (SSSR count). The molecule has 1 saturated carbocycles. The van der Waals surface area contributed by atoms with Crippen molar-refractivity contribution in [3.63, 3.8) is 0 Å². The summed E-state index contributed by atoms with van der Waals surface area (Å²) in [4.78, 5) is 2.36. The molecule has 0 atom stereocenters. The summed E-state index contributed by atoms with van der Waals surface area (Å²) >= 11 is 0. The van der Waals surface area contributed by atoms with Crippen LogP contribution in [0.3, 0.4) is 0 Å². The molecule has 3 heteroatoms. The van der Waals surface area contributed by atoms with Gasteiger partial charge in [0.2, 0.25) is 0 Å². The summed E-state index contributed by atoms with van der Waals surface area (Å²) in [5, 5.41) is 0. The predicted octanol–water partition coefficient (Wildman–Crippen LogP) is 2.92. The summed E-state index contributed by atoms with van der Waals surface area (Å²) in [6.07, 6.45) is 6.23. The minimum absolute atomic E-state index is 0.145. The fourth-order valence-electron chi connectivity index (χ4n) is 2.98. The van der Waals surface area contributed by atoms with E-state index in [1.54, 1.807) is 0 Å². The van der Waals surface area contributed by atoms with Crippen LogP contribution in [0.1, 0.15) is 37.7 Å². The Morgan fingerprint density at radius 3 is 2.33 bits per heavy atom. The molecule has 0 heterocycles. The second kappa shape index (κ2) is 5.81. The van der Waals surface area contributed by atoms with Gasteiger partial charge >= 0.3 is 0 Å².